The molecule has 0 spiro atoms. The molecule has 1 heteroatoms. The molecule has 0 aromatic carbocycles. The molecule has 0 radical (unpaired) electrons. The number of fused-ring (bicyclic) bond motifs is 1. The monoisotopic (exact) mass is 304 g/mol. The SMILES string of the molecule is CCCCCC1C(C)CCC2C(C)=C(CC(=O)CC)CCC21. The second-order valence-electron chi connectivity index (χ2n) is 7.88. The van der Waals surface area contributed by atoms with Crippen LogP contribution >= 0.6 is 0 Å². The molecular weight excluding hydrogens is 268 g/mol. The lowest BCUT2D eigenvalue weighted by Crippen LogP contribution is -2.36. The number of unbranched alkanes of at least 4 members (excludes halogenated alkanes) is 2. The Morgan fingerprint density at radius 1 is 1.14 bits per heavy atom. The number of carbonyl (C=O) groups is 1. The van der Waals surface area contributed by atoms with Crippen molar-refractivity contribution < 1.29 is 4.79 Å². The Kier molecular flexibility index (Phi) is 6.71. The molecule has 0 bridgehead atoms. The highest BCUT2D eigenvalue weighted by Crippen LogP contribution is 2.50. The third-order valence-corrected chi connectivity index (χ3v) is 6.57. The first-order valence-electron chi connectivity index (χ1n) is 9.78. The molecule has 0 amide bonds. The maximum absolute atomic E-state index is 11.8. The van der Waals surface area contributed by atoms with Gasteiger partial charge in [-0.3, -0.25) is 4.79 Å². The van der Waals surface area contributed by atoms with E-state index in [-0.39, 0.29) is 0 Å². The van der Waals surface area contributed by atoms with Gasteiger partial charge in [-0.1, -0.05) is 51.2 Å². The van der Waals surface area contributed by atoms with E-state index >= 15 is 0 Å². The summed E-state index contributed by atoms with van der Waals surface area (Å²) in [6.07, 6.45) is 12.3. The molecular formula is C21H36O. The molecule has 0 aliphatic heterocycles. The van der Waals surface area contributed by atoms with Gasteiger partial charge in [-0.2, -0.15) is 0 Å². The Bertz CT molecular complexity index is 406. The van der Waals surface area contributed by atoms with Crippen molar-refractivity contribution in [3.8, 4) is 0 Å². The fourth-order valence-electron chi connectivity index (χ4n) is 5.06. The first-order chi connectivity index (χ1) is 10.6. The van der Waals surface area contributed by atoms with E-state index in [4.69, 9.17) is 0 Å². The van der Waals surface area contributed by atoms with Crippen molar-refractivity contribution in [2.24, 2.45) is 23.7 Å². The molecule has 0 saturated heterocycles. The summed E-state index contributed by atoms with van der Waals surface area (Å²) in [4.78, 5) is 11.8. The molecule has 126 valence electrons. The third-order valence-electron chi connectivity index (χ3n) is 6.57. The number of rotatable bonds is 7. The summed E-state index contributed by atoms with van der Waals surface area (Å²) >= 11 is 0. The van der Waals surface area contributed by atoms with Gasteiger partial charge in [0, 0.05) is 12.8 Å². The second kappa shape index (κ2) is 8.31. The van der Waals surface area contributed by atoms with Gasteiger partial charge in [-0.15, -0.1) is 0 Å². The van der Waals surface area contributed by atoms with E-state index in [0.717, 1.165) is 30.1 Å². The summed E-state index contributed by atoms with van der Waals surface area (Å²) in [7, 11) is 0. The van der Waals surface area contributed by atoms with E-state index in [1.54, 1.807) is 5.57 Å². The quantitative estimate of drug-likeness (QED) is 0.397. The Morgan fingerprint density at radius 3 is 2.59 bits per heavy atom. The van der Waals surface area contributed by atoms with Crippen LogP contribution in [0.15, 0.2) is 11.1 Å². The molecule has 0 heterocycles. The Labute approximate surface area is 137 Å². The van der Waals surface area contributed by atoms with E-state index in [0.29, 0.717) is 12.2 Å². The van der Waals surface area contributed by atoms with Crippen LogP contribution in [0.1, 0.15) is 91.9 Å². The number of allylic oxidation sites excluding steroid dienone is 2. The van der Waals surface area contributed by atoms with Crippen LogP contribution in [-0.4, -0.2) is 5.78 Å². The maximum atomic E-state index is 11.8. The zero-order chi connectivity index (χ0) is 16.1. The summed E-state index contributed by atoms with van der Waals surface area (Å²) in [5.41, 5.74) is 3.10. The Morgan fingerprint density at radius 2 is 1.91 bits per heavy atom. The lowest BCUT2D eigenvalue weighted by Gasteiger charge is -2.46. The zero-order valence-electron chi connectivity index (χ0n) is 15.3. The molecule has 1 saturated carbocycles. The molecule has 0 aromatic rings. The van der Waals surface area contributed by atoms with E-state index in [9.17, 15) is 4.79 Å². The zero-order valence-corrected chi connectivity index (χ0v) is 15.3. The van der Waals surface area contributed by atoms with Crippen LogP contribution < -0.4 is 0 Å². The highest BCUT2D eigenvalue weighted by molar-refractivity contribution is 5.80. The second-order valence-corrected chi connectivity index (χ2v) is 7.88. The van der Waals surface area contributed by atoms with Crippen molar-refractivity contribution in [3.05, 3.63) is 11.1 Å². The van der Waals surface area contributed by atoms with Gasteiger partial charge in [-0.05, 0) is 62.7 Å². The maximum Gasteiger partial charge on any atom is 0.136 e. The molecule has 22 heavy (non-hydrogen) atoms. The average Bonchev–Trinajstić information content (AvgIpc) is 2.52. The van der Waals surface area contributed by atoms with Crippen LogP contribution in [0.5, 0.6) is 0 Å². The molecule has 4 unspecified atom stereocenters. The average molecular weight is 305 g/mol. The van der Waals surface area contributed by atoms with Crippen LogP contribution in [0.4, 0.5) is 0 Å². The van der Waals surface area contributed by atoms with Crippen molar-refractivity contribution in [2.45, 2.75) is 91.9 Å². The Hall–Kier alpha value is -0.590. The van der Waals surface area contributed by atoms with Crippen LogP contribution in [0.2, 0.25) is 0 Å². The van der Waals surface area contributed by atoms with Gasteiger partial charge in [0.1, 0.15) is 5.78 Å². The minimum atomic E-state index is 0.427. The highest BCUT2D eigenvalue weighted by atomic mass is 16.1. The van der Waals surface area contributed by atoms with Crippen molar-refractivity contribution in [2.75, 3.05) is 0 Å². The normalized spacial score (nSPS) is 32.0. The van der Waals surface area contributed by atoms with E-state index in [2.05, 4.69) is 20.8 Å². The van der Waals surface area contributed by atoms with Gasteiger partial charge >= 0.3 is 0 Å². The highest BCUT2D eigenvalue weighted by Gasteiger charge is 2.40. The van der Waals surface area contributed by atoms with Crippen molar-refractivity contribution in [1.29, 1.82) is 0 Å². The number of hydrogen-bond acceptors (Lipinski definition) is 1. The van der Waals surface area contributed by atoms with Gasteiger partial charge < -0.3 is 0 Å². The summed E-state index contributed by atoms with van der Waals surface area (Å²) in [5, 5.41) is 0. The summed E-state index contributed by atoms with van der Waals surface area (Å²) in [6, 6.07) is 0. The smallest absolute Gasteiger partial charge is 0.136 e. The minimum Gasteiger partial charge on any atom is -0.299 e. The molecule has 1 fully saturated rings. The molecule has 4 atom stereocenters. The largest absolute Gasteiger partial charge is 0.299 e. The first-order valence-corrected chi connectivity index (χ1v) is 9.78. The summed E-state index contributed by atoms with van der Waals surface area (Å²) < 4.78 is 0. The number of carbonyl (C=O) groups excluding carboxylic acids is 1. The van der Waals surface area contributed by atoms with Gasteiger partial charge in [-0.25, -0.2) is 0 Å². The third kappa shape index (κ3) is 4.03. The van der Waals surface area contributed by atoms with Gasteiger partial charge in [0.2, 0.25) is 0 Å². The molecule has 0 N–H and O–H groups in total. The predicted molar refractivity (Wildman–Crippen MR) is 94.9 cm³/mol. The van der Waals surface area contributed by atoms with E-state index in [1.165, 1.54) is 56.9 Å². The van der Waals surface area contributed by atoms with Crippen LogP contribution in [-0.2, 0) is 4.79 Å². The summed E-state index contributed by atoms with van der Waals surface area (Å²) in [6.45, 7) is 9.13. The number of Topliss-reactive ketones (excluding diaryl/α,β-unsaturated/α-hetero) is 1. The van der Waals surface area contributed by atoms with Crippen LogP contribution in [0.3, 0.4) is 0 Å². The standard InChI is InChI=1S/C21H36O/c1-5-7-8-9-19-15(3)10-12-20-16(4)17(11-13-21(19)20)14-18(22)6-2/h15,19-21H,5-14H2,1-4H3. The lowest BCUT2D eigenvalue weighted by atomic mass is 9.59. The van der Waals surface area contributed by atoms with Crippen molar-refractivity contribution in [1.82, 2.24) is 0 Å². The molecule has 0 aromatic heterocycles. The first kappa shape index (κ1) is 17.8. The van der Waals surface area contributed by atoms with Crippen LogP contribution in [0, 0.1) is 23.7 Å². The lowest BCUT2D eigenvalue weighted by molar-refractivity contribution is -0.118. The molecule has 2 rings (SSSR count). The molecule has 2 aliphatic carbocycles. The Balaban J connectivity index is 2.07. The van der Waals surface area contributed by atoms with Gasteiger partial charge in [0.05, 0.1) is 0 Å². The van der Waals surface area contributed by atoms with Crippen LogP contribution in [0.25, 0.3) is 0 Å². The molecule has 1 nitrogen and oxygen atoms in total. The number of hydrogen-bond donors (Lipinski definition) is 0. The van der Waals surface area contributed by atoms with Gasteiger partial charge in [0.15, 0.2) is 0 Å². The predicted octanol–water partition coefficient (Wildman–Crippen LogP) is 6.32. The minimum absolute atomic E-state index is 0.427. The van der Waals surface area contributed by atoms with Gasteiger partial charge in [0.25, 0.3) is 0 Å². The molecule has 2 aliphatic rings. The fraction of sp³-hybridized carbons (Fsp3) is 0.857. The summed E-state index contributed by atoms with van der Waals surface area (Å²) in [5.74, 6) is 3.96. The van der Waals surface area contributed by atoms with E-state index in [1.807, 2.05) is 6.92 Å². The topological polar surface area (TPSA) is 17.1 Å². The van der Waals surface area contributed by atoms with E-state index < -0.39 is 0 Å². The van der Waals surface area contributed by atoms with Crippen molar-refractivity contribution >= 4 is 5.78 Å². The van der Waals surface area contributed by atoms with Crippen molar-refractivity contribution in [3.63, 3.8) is 0 Å². The number of ketones is 1. The fourth-order valence-corrected chi connectivity index (χ4v) is 5.06.